The highest BCUT2D eigenvalue weighted by Gasteiger charge is 2.13. The Bertz CT molecular complexity index is 787. The first-order valence-electron chi connectivity index (χ1n) is 9.55. The number of benzene rings is 1. The molecule has 0 aliphatic rings. The Morgan fingerprint density at radius 2 is 1.96 bits per heavy atom. The largest absolute Gasteiger partial charge is 0.357 e. The molecule has 7 nitrogen and oxygen atoms in total. The molecule has 0 unspecified atom stereocenters. The van der Waals surface area contributed by atoms with Gasteiger partial charge in [0.1, 0.15) is 12.4 Å². The molecule has 0 saturated carbocycles. The molecule has 0 fully saturated rings. The number of aliphatic imine (C=N–C) groups is 1. The third kappa shape index (κ3) is 6.58. The van der Waals surface area contributed by atoms with E-state index in [9.17, 15) is 4.79 Å². The second kappa shape index (κ2) is 9.39. The first-order chi connectivity index (χ1) is 12.8. The molecule has 0 bridgehead atoms. The number of carbonyl (C=O) groups is 1. The van der Waals surface area contributed by atoms with E-state index in [4.69, 9.17) is 0 Å². The highest BCUT2D eigenvalue weighted by molar-refractivity contribution is 5.85. The number of rotatable bonds is 7. The number of hydrogen-bond donors (Lipinski definition) is 3. The number of nitrogens with zero attached hydrogens (tertiary/aromatic N) is 3. The molecule has 148 valence electrons. The van der Waals surface area contributed by atoms with Crippen LogP contribution in [0, 0.1) is 6.92 Å². The van der Waals surface area contributed by atoms with Crippen LogP contribution in [0.25, 0.3) is 11.0 Å². The summed E-state index contributed by atoms with van der Waals surface area (Å²) in [6.45, 7) is 12.4. The van der Waals surface area contributed by atoms with Gasteiger partial charge in [0.15, 0.2) is 5.96 Å². The summed E-state index contributed by atoms with van der Waals surface area (Å²) in [5.41, 5.74) is 1.95. The summed E-state index contributed by atoms with van der Waals surface area (Å²) in [5, 5.41) is 9.38. The van der Waals surface area contributed by atoms with Crippen molar-refractivity contribution in [2.75, 3.05) is 19.6 Å². The number of nitrogens with one attached hydrogen (secondary N) is 3. The highest BCUT2D eigenvalue weighted by atomic mass is 16.2. The van der Waals surface area contributed by atoms with E-state index in [0.717, 1.165) is 42.9 Å². The number of aryl methyl sites for hydroxylation is 2. The molecule has 27 heavy (non-hydrogen) atoms. The minimum atomic E-state index is -0.246. The third-order valence-corrected chi connectivity index (χ3v) is 3.94. The van der Waals surface area contributed by atoms with Crippen molar-refractivity contribution in [1.29, 1.82) is 0 Å². The van der Waals surface area contributed by atoms with Crippen molar-refractivity contribution in [3.63, 3.8) is 0 Å². The smallest absolute Gasteiger partial charge is 0.242 e. The molecule has 7 heteroatoms. The number of fused-ring (bicyclic) bond motifs is 1. The second-order valence-corrected chi connectivity index (χ2v) is 7.57. The first-order valence-corrected chi connectivity index (χ1v) is 9.55. The van der Waals surface area contributed by atoms with Crippen LogP contribution in [0.1, 0.15) is 39.9 Å². The van der Waals surface area contributed by atoms with Gasteiger partial charge < -0.3 is 20.5 Å². The molecule has 0 aliphatic heterocycles. The van der Waals surface area contributed by atoms with Crippen molar-refractivity contribution in [3.8, 4) is 0 Å². The van der Waals surface area contributed by atoms with Crippen LogP contribution < -0.4 is 16.0 Å². The molecule has 1 aromatic heterocycles. The average Bonchev–Trinajstić information content (AvgIpc) is 2.90. The van der Waals surface area contributed by atoms with E-state index < -0.39 is 0 Å². The number of amides is 1. The minimum Gasteiger partial charge on any atom is -0.357 e. The Kier molecular flexibility index (Phi) is 7.21. The van der Waals surface area contributed by atoms with Gasteiger partial charge in [-0.25, -0.2) is 9.98 Å². The maximum atomic E-state index is 11.9. The number of carbonyl (C=O) groups excluding carboxylic acids is 1. The molecule has 0 saturated heterocycles. The van der Waals surface area contributed by atoms with Crippen LogP contribution >= 0.6 is 0 Å². The van der Waals surface area contributed by atoms with Crippen molar-refractivity contribution in [1.82, 2.24) is 25.5 Å². The van der Waals surface area contributed by atoms with Crippen LogP contribution in [0.2, 0.25) is 0 Å². The Morgan fingerprint density at radius 3 is 2.67 bits per heavy atom. The Morgan fingerprint density at radius 1 is 1.22 bits per heavy atom. The van der Waals surface area contributed by atoms with Gasteiger partial charge in [0, 0.05) is 25.2 Å². The molecular weight excluding hydrogens is 340 g/mol. The quantitative estimate of drug-likeness (QED) is 0.395. The van der Waals surface area contributed by atoms with Gasteiger partial charge in [0.2, 0.25) is 5.91 Å². The summed E-state index contributed by atoms with van der Waals surface area (Å²) in [5.74, 6) is 1.60. The molecule has 1 amide bonds. The van der Waals surface area contributed by atoms with Crippen molar-refractivity contribution in [2.45, 2.75) is 53.1 Å². The third-order valence-electron chi connectivity index (χ3n) is 3.94. The topological polar surface area (TPSA) is 83.3 Å². The number of imidazole rings is 1. The summed E-state index contributed by atoms with van der Waals surface area (Å²) in [4.78, 5) is 20.9. The fourth-order valence-corrected chi connectivity index (χ4v) is 2.87. The molecule has 3 N–H and O–H groups in total. The predicted molar refractivity (Wildman–Crippen MR) is 111 cm³/mol. The van der Waals surface area contributed by atoms with Gasteiger partial charge in [-0.1, -0.05) is 12.1 Å². The van der Waals surface area contributed by atoms with E-state index in [-0.39, 0.29) is 18.0 Å². The molecular formula is C20H32N6O. The lowest BCUT2D eigenvalue weighted by Crippen LogP contribution is -2.43. The molecule has 1 heterocycles. The van der Waals surface area contributed by atoms with Gasteiger partial charge >= 0.3 is 0 Å². The minimum absolute atomic E-state index is 0.0831. The zero-order valence-electron chi connectivity index (χ0n) is 17.1. The number of hydrogen-bond acceptors (Lipinski definition) is 3. The number of para-hydroxylation sites is 2. The van der Waals surface area contributed by atoms with E-state index in [0.29, 0.717) is 5.96 Å². The summed E-state index contributed by atoms with van der Waals surface area (Å²) in [6.07, 6.45) is 0.930. The highest BCUT2D eigenvalue weighted by Crippen LogP contribution is 2.15. The standard InChI is InChI=1S/C20H32N6O/c1-6-21-19(23-14-18(27)25-20(3,4)5)22-12-9-13-26-15(2)24-16-10-7-8-11-17(16)26/h7-8,10-11H,6,9,12-14H2,1-5H3,(H,25,27)(H2,21,22,23). The molecule has 0 aliphatic carbocycles. The van der Waals surface area contributed by atoms with Crippen molar-refractivity contribution in [3.05, 3.63) is 30.1 Å². The van der Waals surface area contributed by atoms with Gasteiger partial charge in [-0.05, 0) is 53.2 Å². The van der Waals surface area contributed by atoms with Gasteiger partial charge in [0.25, 0.3) is 0 Å². The summed E-state index contributed by atoms with van der Waals surface area (Å²) >= 11 is 0. The van der Waals surface area contributed by atoms with Crippen molar-refractivity contribution < 1.29 is 4.79 Å². The van der Waals surface area contributed by atoms with Crippen molar-refractivity contribution >= 4 is 22.9 Å². The van der Waals surface area contributed by atoms with Crippen LogP contribution in [-0.4, -0.2) is 46.6 Å². The van der Waals surface area contributed by atoms with Gasteiger partial charge in [-0.3, -0.25) is 4.79 Å². The zero-order chi connectivity index (χ0) is 19.9. The summed E-state index contributed by atoms with van der Waals surface area (Å²) < 4.78 is 2.23. The molecule has 2 rings (SSSR count). The van der Waals surface area contributed by atoms with Gasteiger partial charge in [0.05, 0.1) is 11.0 Å². The van der Waals surface area contributed by atoms with Crippen LogP contribution in [0.5, 0.6) is 0 Å². The fourth-order valence-electron chi connectivity index (χ4n) is 2.87. The Labute approximate surface area is 161 Å². The molecule has 1 aromatic carbocycles. The van der Waals surface area contributed by atoms with E-state index >= 15 is 0 Å². The van der Waals surface area contributed by atoms with E-state index in [1.165, 1.54) is 0 Å². The van der Waals surface area contributed by atoms with E-state index in [1.54, 1.807) is 0 Å². The molecule has 0 atom stereocenters. The van der Waals surface area contributed by atoms with Crippen LogP contribution in [-0.2, 0) is 11.3 Å². The van der Waals surface area contributed by atoms with Crippen LogP contribution in [0.15, 0.2) is 29.3 Å². The summed E-state index contributed by atoms with van der Waals surface area (Å²) in [6, 6.07) is 8.18. The average molecular weight is 373 g/mol. The normalized spacial score (nSPS) is 12.3. The monoisotopic (exact) mass is 372 g/mol. The number of aromatic nitrogens is 2. The van der Waals surface area contributed by atoms with E-state index in [2.05, 4.69) is 36.6 Å². The maximum absolute atomic E-state index is 11.9. The predicted octanol–water partition coefficient (Wildman–Crippen LogP) is 2.20. The second-order valence-electron chi connectivity index (χ2n) is 7.57. The lowest BCUT2D eigenvalue weighted by molar-refractivity contribution is -0.121. The summed E-state index contributed by atoms with van der Waals surface area (Å²) in [7, 11) is 0. The maximum Gasteiger partial charge on any atom is 0.242 e. The van der Waals surface area contributed by atoms with Crippen LogP contribution in [0.4, 0.5) is 0 Å². The fraction of sp³-hybridized carbons (Fsp3) is 0.550. The van der Waals surface area contributed by atoms with Gasteiger partial charge in [-0.15, -0.1) is 0 Å². The number of guanidine groups is 1. The lowest BCUT2D eigenvalue weighted by atomic mass is 10.1. The SMILES string of the molecule is CCNC(=NCC(=O)NC(C)(C)C)NCCCn1c(C)nc2ccccc21. The van der Waals surface area contributed by atoms with Crippen molar-refractivity contribution in [2.24, 2.45) is 4.99 Å². The Balaban J connectivity index is 1.86. The van der Waals surface area contributed by atoms with Gasteiger partial charge in [-0.2, -0.15) is 0 Å². The van der Waals surface area contributed by atoms with Crippen LogP contribution in [0.3, 0.4) is 0 Å². The zero-order valence-corrected chi connectivity index (χ0v) is 17.1. The Hall–Kier alpha value is -2.57. The molecule has 0 spiro atoms. The van der Waals surface area contributed by atoms with E-state index in [1.807, 2.05) is 52.8 Å². The lowest BCUT2D eigenvalue weighted by Gasteiger charge is -2.20. The molecule has 0 radical (unpaired) electrons. The first kappa shape index (κ1) is 20.7. The molecule has 2 aromatic rings.